The molecule has 0 aromatic rings. The van der Waals surface area contributed by atoms with Crippen LogP contribution in [0.25, 0.3) is 0 Å². The molecule has 0 radical (unpaired) electrons. The van der Waals surface area contributed by atoms with Gasteiger partial charge in [-0.3, -0.25) is 0 Å². The van der Waals surface area contributed by atoms with Gasteiger partial charge < -0.3 is 5.41 Å². The van der Waals surface area contributed by atoms with E-state index in [4.69, 9.17) is 5.41 Å². The Morgan fingerprint density at radius 1 is 1.11 bits per heavy atom. The summed E-state index contributed by atoms with van der Waals surface area (Å²) in [4.78, 5) is 0. The highest BCUT2D eigenvalue weighted by molar-refractivity contribution is 5.83. The molecule has 0 aromatic carbocycles. The minimum atomic E-state index is 0.0833. The van der Waals surface area contributed by atoms with Crippen LogP contribution >= 0.6 is 0 Å². The van der Waals surface area contributed by atoms with Crippen LogP contribution in [0.5, 0.6) is 0 Å². The van der Waals surface area contributed by atoms with E-state index in [2.05, 4.69) is 0 Å². The van der Waals surface area contributed by atoms with Crippen LogP contribution in [0.1, 0.15) is 41.5 Å². The summed E-state index contributed by atoms with van der Waals surface area (Å²) in [6.07, 6.45) is 0. The predicted molar refractivity (Wildman–Crippen MR) is 44.2 cm³/mol. The molecule has 0 unspecified atom stereocenters. The molecule has 0 amide bonds. The van der Waals surface area contributed by atoms with Gasteiger partial charge in [0.05, 0.1) is 0 Å². The fourth-order valence-corrected chi connectivity index (χ4v) is 0. The van der Waals surface area contributed by atoms with E-state index >= 15 is 0 Å². The van der Waals surface area contributed by atoms with Crippen LogP contribution in [-0.4, -0.2) is 5.71 Å². The van der Waals surface area contributed by atoms with Crippen molar-refractivity contribution in [2.45, 2.75) is 41.5 Å². The largest absolute Gasteiger partial charge is 0.309 e. The van der Waals surface area contributed by atoms with Crippen LogP contribution in [0.3, 0.4) is 0 Å². The molecule has 0 aliphatic carbocycles. The van der Waals surface area contributed by atoms with E-state index in [0.29, 0.717) is 0 Å². The Morgan fingerprint density at radius 3 is 1.22 bits per heavy atom. The molecule has 0 aliphatic rings. The van der Waals surface area contributed by atoms with Crippen LogP contribution in [0.2, 0.25) is 0 Å². The lowest BCUT2D eigenvalue weighted by atomic mass is 9.91. The fraction of sp³-hybridized carbons (Fsp3) is 0.875. The fourth-order valence-electron chi connectivity index (χ4n) is 0. The zero-order valence-corrected chi connectivity index (χ0v) is 7.50. The third-order valence-electron chi connectivity index (χ3n) is 1.12. The highest BCUT2D eigenvalue weighted by Crippen LogP contribution is 2.13. The molecular formula is C8H19N. The zero-order valence-electron chi connectivity index (χ0n) is 7.50. The first-order valence-corrected chi connectivity index (χ1v) is 3.50. The maximum Gasteiger partial charge on any atom is 0.0112 e. The van der Waals surface area contributed by atoms with Gasteiger partial charge in [-0.15, -0.1) is 0 Å². The SMILES string of the molecule is CC.CC(=N)C(C)(C)C. The molecule has 0 saturated carbocycles. The Bertz CT molecular complexity index is 77.1. The van der Waals surface area contributed by atoms with Gasteiger partial charge in [0.15, 0.2) is 0 Å². The Kier molecular flexibility index (Phi) is 5.78. The van der Waals surface area contributed by atoms with E-state index in [1.165, 1.54) is 0 Å². The third kappa shape index (κ3) is 7.67. The maximum atomic E-state index is 7.15. The Morgan fingerprint density at radius 2 is 1.22 bits per heavy atom. The number of hydrogen-bond acceptors (Lipinski definition) is 1. The summed E-state index contributed by atoms with van der Waals surface area (Å²) in [5.74, 6) is 0. The van der Waals surface area contributed by atoms with Crippen molar-refractivity contribution in [2.75, 3.05) is 0 Å². The molecular weight excluding hydrogens is 110 g/mol. The molecule has 0 spiro atoms. The molecule has 0 heterocycles. The first-order chi connectivity index (χ1) is 3.94. The summed E-state index contributed by atoms with van der Waals surface area (Å²) in [6.45, 7) is 11.9. The van der Waals surface area contributed by atoms with Crippen molar-refractivity contribution in [2.24, 2.45) is 5.41 Å². The molecule has 9 heavy (non-hydrogen) atoms. The van der Waals surface area contributed by atoms with Crippen LogP contribution in [-0.2, 0) is 0 Å². The summed E-state index contributed by atoms with van der Waals surface area (Å²) in [5, 5.41) is 7.15. The molecule has 0 rings (SSSR count). The standard InChI is InChI=1S/C6H13N.C2H6/c1-5(7)6(2,3)4;1-2/h7H,1-4H3;1-2H3. The smallest absolute Gasteiger partial charge is 0.0112 e. The number of hydrogen-bond donors (Lipinski definition) is 1. The van der Waals surface area contributed by atoms with Gasteiger partial charge in [-0.2, -0.15) is 0 Å². The Balaban J connectivity index is 0. The van der Waals surface area contributed by atoms with Gasteiger partial charge >= 0.3 is 0 Å². The molecule has 1 N–H and O–H groups in total. The lowest BCUT2D eigenvalue weighted by molar-refractivity contribution is 0.584. The van der Waals surface area contributed by atoms with Crippen molar-refractivity contribution >= 4 is 5.71 Å². The van der Waals surface area contributed by atoms with Crippen molar-refractivity contribution in [1.29, 1.82) is 5.41 Å². The normalized spacial score (nSPS) is 9.56. The summed E-state index contributed by atoms with van der Waals surface area (Å²) < 4.78 is 0. The van der Waals surface area contributed by atoms with Crippen LogP contribution in [0, 0.1) is 10.8 Å². The zero-order chi connectivity index (χ0) is 8.08. The number of rotatable bonds is 0. The molecule has 0 aliphatic heterocycles. The van der Waals surface area contributed by atoms with Gasteiger partial charge in [0, 0.05) is 5.71 Å². The van der Waals surface area contributed by atoms with Gasteiger partial charge in [0.1, 0.15) is 0 Å². The van der Waals surface area contributed by atoms with E-state index in [9.17, 15) is 0 Å². The molecule has 1 nitrogen and oxygen atoms in total. The van der Waals surface area contributed by atoms with E-state index in [1.54, 1.807) is 0 Å². The Labute approximate surface area is 59.0 Å². The minimum Gasteiger partial charge on any atom is -0.309 e. The van der Waals surface area contributed by atoms with Crippen LogP contribution in [0.4, 0.5) is 0 Å². The first kappa shape index (κ1) is 11.5. The second-order valence-corrected chi connectivity index (χ2v) is 2.88. The molecule has 56 valence electrons. The van der Waals surface area contributed by atoms with Crippen molar-refractivity contribution in [3.05, 3.63) is 0 Å². The number of nitrogens with one attached hydrogen (secondary N) is 1. The highest BCUT2D eigenvalue weighted by Gasteiger charge is 2.10. The van der Waals surface area contributed by atoms with Gasteiger partial charge in [-0.05, 0) is 12.3 Å². The van der Waals surface area contributed by atoms with Crippen molar-refractivity contribution in [3.8, 4) is 0 Å². The van der Waals surface area contributed by atoms with E-state index in [1.807, 2.05) is 41.5 Å². The maximum absolute atomic E-state index is 7.15. The van der Waals surface area contributed by atoms with Crippen molar-refractivity contribution < 1.29 is 0 Å². The lowest BCUT2D eigenvalue weighted by Gasteiger charge is -2.14. The van der Waals surface area contributed by atoms with E-state index < -0.39 is 0 Å². The molecule has 0 fully saturated rings. The summed E-state index contributed by atoms with van der Waals surface area (Å²) in [6, 6.07) is 0. The van der Waals surface area contributed by atoms with E-state index in [0.717, 1.165) is 5.71 Å². The van der Waals surface area contributed by atoms with E-state index in [-0.39, 0.29) is 5.41 Å². The second kappa shape index (κ2) is 4.54. The summed E-state index contributed by atoms with van der Waals surface area (Å²) in [7, 11) is 0. The molecule has 0 saturated heterocycles. The first-order valence-electron chi connectivity index (χ1n) is 3.50. The summed E-state index contributed by atoms with van der Waals surface area (Å²) >= 11 is 0. The second-order valence-electron chi connectivity index (χ2n) is 2.88. The van der Waals surface area contributed by atoms with Gasteiger partial charge in [-0.1, -0.05) is 34.6 Å². The predicted octanol–water partition coefficient (Wildman–Crippen LogP) is 3.10. The average Bonchev–Trinajstić information content (AvgIpc) is 1.69. The quantitative estimate of drug-likeness (QED) is 0.486. The molecule has 1 heteroatoms. The van der Waals surface area contributed by atoms with Crippen LogP contribution in [0.15, 0.2) is 0 Å². The minimum absolute atomic E-state index is 0.0833. The van der Waals surface area contributed by atoms with Crippen LogP contribution < -0.4 is 0 Å². The molecule has 0 bridgehead atoms. The Hall–Kier alpha value is -0.330. The summed E-state index contributed by atoms with van der Waals surface area (Å²) in [5.41, 5.74) is 0.826. The van der Waals surface area contributed by atoms with Gasteiger partial charge in [-0.25, -0.2) is 0 Å². The average molecular weight is 129 g/mol. The van der Waals surface area contributed by atoms with Crippen molar-refractivity contribution in [1.82, 2.24) is 0 Å². The topological polar surface area (TPSA) is 23.9 Å². The lowest BCUT2D eigenvalue weighted by Crippen LogP contribution is -2.14. The molecule has 0 aromatic heterocycles. The molecule has 0 atom stereocenters. The van der Waals surface area contributed by atoms with Gasteiger partial charge in [0.2, 0.25) is 0 Å². The van der Waals surface area contributed by atoms with Crippen molar-refractivity contribution in [3.63, 3.8) is 0 Å². The monoisotopic (exact) mass is 129 g/mol. The van der Waals surface area contributed by atoms with Gasteiger partial charge in [0.25, 0.3) is 0 Å². The third-order valence-corrected chi connectivity index (χ3v) is 1.12. The highest BCUT2D eigenvalue weighted by atomic mass is 14.4.